The maximum absolute atomic E-state index is 12.5. The molecule has 2 aromatic carbocycles. The first kappa shape index (κ1) is 21.5. The highest BCUT2D eigenvalue weighted by atomic mass is 16.5. The SMILES string of the molecule is CCC(=O)Nc1cccc(OCC(=O)NC2CCc3nnc(-c4ccccc4)n3CC2)c1. The first-order valence-electron chi connectivity index (χ1n) is 10.9. The summed E-state index contributed by atoms with van der Waals surface area (Å²) in [7, 11) is 0. The Kier molecular flexibility index (Phi) is 6.79. The van der Waals surface area contributed by atoms with Gasteiger partial charge < -0.3 is 19.9 Å². The van der Waals surface area contributed by atoms with Crippen LogP contribution in [-0.4, -0.2) is 39.2 Å². The summed E-state index contributed by atoms with van der Waals surface area (Å²) in [6.45, 7) is 2.46. The molecule has 0 saturated carbocycles. The van der Waals surface area contributed by atoms with Gasteiger partial charge in [0, 0.05) is 42.7 Å². The smallest absolute Gasteiger partial charge is 0.258 e. The lowest BCUT2D eigenvalue weighted by Gasteiger charge is -2.16. The molecule has 2 amide bonds. The van der Waals surface area contributed by atoms with Crippen molar-refractivity contribution in [2.45, 2.75) is 45.2 Å². The molecular formula is C24H27N5O3. The van der Waals surface area contributed by atoms with Crippen LogP contribution in [0.2, 0.25) is 0 Å². The summed E-state index contributed by atoms with van der Waals surface area (Å²) in [6, 6.07) is 17.1. The van der Waals surface area contributed by atoms with Crippen molar-refractivity contribution in [3.8, 4) is 17.1 Å². The largest absolute Gasteiger partial charge is 0.484 e. The first-order chi connectivity index (χ1) is 15.6. The van der Waals surface area contributed by atoms with Crippen molar-refractivity contribution in [1.82, 2.24) is 20.1 Å². The molecule has 1 aliphatic rings. The molecule has 0 aliphatic carbocycles. The Labute approximate surface area is 187 Å². The molecule has 0 fully saturated rings. The number of anilines is 1. The van der Waals surface area contributed by atoms with E-state index in [4.69, 9.17) is 4.74 Å². The molecule has 166 valence electrons. The van der Waals surface area contributed by atoms with Crippen molar-refractivity contribution in [2.75, 3.05) is 11.9 Å². The van der Waals surface area contributed by atoms with Gasteiger partial charge in [0.15, 0.2) is 12.4 Å². The average molecular weight is 434 g/mol. The second kappa shape index (κ2) is 10.1. The lowest BCUT2D eigenvalue weighted by atomic mass is 10.1. The lowest BCUT2D eigenvalue weighted by Crippen LogP contribution is -2.38. The number of aromatic nitrogens is 3. The minimum Gasteiger partial charge on any atom is -0.484 e. The predicted octanol–water partition coefficient (Wildman–Crippen LogP) is 3.19. The topological polar surface area (TPSA) is 98.1 Å². The predicted molar refractivity (Wildman–Crippen MR) is 121 cm³/mol. The molecule has 8 heteroatoms. The second-order valence-corrected chi connectivity index (χ2v) is 7.77. The number of hydrogen-bond acceptors (Lipinski definition) is 5. The zero-order valence-electron chi connectivity index (χ0n) is 18.1. The van der Waals surface area contributed by atoms with Gasteiger partial charge in [-0.25, -0.2) is 0 Å². The van der Waals surface area contributed by atoms with E-state index in [1.165, 1.54) is 0 Å². The highest BCUT2D eigenvalue weighted by molar-refractivity contribution is 5.90. The Hall–Kier alpha value is -3.68. The Morgan fingerprint density at radius 2 is 1.91 bits per heavy atom. The molecule has 0 bridgehead atoms. The molecule has 3 aromatic rings. The van der Waals surface area contributed by atoms with E-state index >= 15 is 0 Å². The number of fused-ring (bicyclic) bond motifs is 1. The standard InChI is InChI=1S/C24H27N5O3/c1-2-22(30)26-19-9-6-10-20(15-19)32-16-23(31)25-18-11-12-21-27-28-24(29(21)14-13-18)17-7-4-3-5-8-17/h3-10,15,18H,2,11-14,16H2,1H3,(H,25,31)(H,26,30). The number of aryl methyl sites for hydroxylation is 1. The third kappa shape index (κ3) is 5.32. The molecule has 1 aliphatic heterocycles. The number of nitrogens with zero attached hydrogens (tertiary/aromatic N) is 3. The zero-order valence-corrected chi connectivity index (χ0v) is 18.1. The fourth-order valence-electron chi connectivity index (χ4n) is 3.76. The molecule has 1 unspecified atom stereocenters. The van der Waals surface area contributed by atoms with Crippen molar-refractivity contribution in [2.24, 2.45) is 0 Å². The first-order valence-corrected chi connectivity index (χ1v) is 10.9. The second-order valence-electron chi connectivity index (χ2n) is 7.77. The van der Waals surface area contributed by atoms with Crippen LogP contribution in [0.4, 0.5) is 5.69 Å². The summed E-state index contributed by atoms with van der Waals surface area (Å²) in [5.41, 5.74) is 1.69. The van der Waals surface area contributed by atoms with E-state index < -0.39 is 0 Å². The Morgan fingerprint density at radius 3 is 2.72 bits per heavy atom. The molecule has 1 aromatic heterocycles. The van der Waals surface area contributed by atoms with Crippen LogP contribution in [0.1, 0.15) is 32.0 Å². The molecular weight excluding hydrogens is 406 g/mol. The summed E-state index contributed by atoms with van der Waals surface area (Å²) in [5.74, 6) is 2.11. The van der Waals surface area contributed by atoms with Gasteiger partial charge in [-0.2, -0.15) is 0 Å². The Bertz CT molecular complexity index is 1080. The normalized spacial score (nSPS) is 15.3. The highest BCUT2D eigenvalue weighted by Crippen LogP contribution is 2.23. The van der Waals surface area contributed by atoms with E-state index in [-0.39, 0.29) is 24.5 Å². The van der Waals surface area contributed by atoms with Crippen LogP contribution in [-0.2, 0) is 22.6 Å². The molecule has 0 saturated heterocycles. The third-order valence-electron chi connectivity index (χ3n) is 5.45. The number of carbonyl (C=O) groups excluding carboxylic acids is 2. The summed E-state index contributed by atoms with van der Waals surface area (Å²) < 4.78 is 7.78. The van der Waals surface area contributed by atoms with Gasteiger partial charge in [-0.3, -0.25) is 9.59 Å². The van der Waals surface area contributed by atoms with Crippen LogP contribution >= 0.6 is 0 Å². The van der Waals surface area contributed by atoms with Crippen molar-refractivity contribution >= 4 is 17.5 Å². The molecule has 0 radical (unpaired) electrons. The number of benzene rings is 2. The third-order valence-corrected chi connectivity index (χ3v) is 5.45. The quantitative estimate of drug-likeness (QED) is 0.596. The number of rotatable bonds is 7. The van der Waals surface area contributed by atoms with Crippen LogP contribution in [0.3, 0.4) is 0 Å². The van der Waals surface area contributed by atoms with Crippen LogP contribution in [0, 0.1) is 0 Å². The molecule has 1 atom stereocenters. The maximum atomic E-state index is 12.5. The summed E-state index contributed by atoms with van der Waals surface area (Å²) >= 11 is 0. The van der Waals surface area contributed by atoms with Gasteiger partial charge in [-0.1, -0.05) is 43.3 Å². The van der Waals surface area contributed by atoms with Crippen molar-refractivity contribution < 1.29 is 14.3 Å². The van der Waals surface area contributed by atoms with Gasteiger partial charge in [-0.05, 0) is 25.0 Å². The monoisotopic (exact) mass is 433 g/mol. The fraction of sp³-hybridized carbons (Fsp3) is 0.333. The average Bonchev–Trinajstić information content (AvgIpc) is 3.12. The van der Waals surface area contributed by atoms with E-state index in [1.54, 1.807) is 31.2 Å². The minimum absolute atomic E-state index is 0.0478. The van der Waals surface area contributed by atoms with Crippen molar-refractivity contribution in [3.63, 3.8) is 0 Å². The summed E-state index contributed by atoms with van der Waals surface area (Å²) in [4.78, 5) is 24.0. The Balaban J connectivity index is 1.30. The zero-order chi connectivity index (χ0) is 22.3. The molecule has 0 spiro atoms. The Morgan fingerprint density at radius 1 is 1.06 bits per heavy atom. The number of hydrogen-bond donors (Lipinski definition) is 2. The van der Waals surface area contributed by atoms with Gasteiger partial charge in [-0.15, -0.1) is 10.2 Å². The fourth-order valence-corrected chi connectivity index (χ4v) is 3.76. The van der Waals surface area contributed by atoms with E-state index in [0.717, 1.165) is 43.0 Å². The van der Waals surface area contributed by atoms with Gasteiger partial charge in [0.25, 0.3) is 5.91 Å². The lowest BCUT2D eigenvalue weighted by molar-refractivity contribution is -0.124. The van der Waals surface area contributed by atoms with E-state index in [1.807, 2.05) is 30.3 Å². The molecule has 2 heterocycles. The van der Waals surface area contributed by atoms with Crippen LogP contribution in [0.15, 0.2) is 54.6 Å². The molecule has 32 heavy (non-hydrogen) atoms. The van der Waals surface area contributed by atoms with Gasteiger partial charge in [0.1, 0.15) is 11.6 Å². The summed E-state index contributed by atoms with van der Waals surface area (Å²) in [5, 5.41) is 14.6. The van der Waals surface area contributed by atoms with E-state index in [9.17, 15) is 9.59 Å². The number of nitrogens with one attached hydrogen (secondary N) is 2. The molecule has 2 N–H and O–H groups in total. The van der Waals surface area contributed by atoms with Crippen LogP contribution in [0.5, 0.6) is 5.75 Å². The number of ether oxygens (including phenoxy) is 1. The molecule has 4 rings (SSSR count). The van der Waals surface area contributed by atoms with Crippen LogP contribution in [0.25, 0.3) is 11.4 Å². The molecule has 8 nitrogen and oxygen atoms in total. The maximum Gasteiger partial charge on any atom is 0.258 e. The van der Waals surface area contributed by atoms with E-state index in [0.29, 0.717) is 17.9 Å². The summed E-state index contributed by atoms with van der Waals surface area (Å²) in [6.07, 6.45) is 2.76. The van der Waals surface area contributed by atoms with Gasteiger partial charge >= 0.3 is 0 Å². The minimum atomic E-state index is -0.168. The number of carbonyl (C=O) groups is 2. The van der Waals surface area contributed by atoms with Gasteiger partial charge in [0.2, 0.25) is 5.91 Å². The van der Waals surface area contributed by atoms with E-state index in [2.05, 4.69) is 25.4 Å². The van der Waals surface area contributed by atoms with Crippen molar-refractivity contribution in [3.05, 3.63) is 60.4 Å². The van der Waals surface area contributed by atoms with Crippen LogP contribution < -0.4 is 15.4 Å². The number of amides is 2. The van der Waals surface area contributed by atoms with Crippen molar-refractivity contribution in [1.29, 1.82) is 0 Å². The van der Waals surface area contributed by atoms with Gasteiger partial charge in [0.05, 0.1) is 0 Å². The highest BCUT2D eigenvalue weighted by Gasteiger charge is 2.22.